The summed E-state index contributed by atoms with van der Waals surface area (Å²) in [5.74, 6) is -1.44. The van der Waals surface area contributed by atoms with Crippen LogP contribution in [0, 0.1) is 11.1 Å². The van der Waals surface area contributed by atoms with Crippen LogP contribution in [0.5, 0.6) is 0 Å². The highest BCUT2D eigenvalue weighted by Gasteiger charge is 2.49. The van der Waals surface area contributed by atoms with Crippen molar-refractivity contribution in [3.05, 3.63) is 16.9 Å². The van der Waals surface area contributed by atoms with E-state index in [4.69, 9.17) is 4.74 Å². The summed E-state index contributed by atoms with van der Waals surface area (Å²) in [4.78, 5) is 12.2. The maximum absolute atomic E-state index is 12.4. The predicted octanol–water partition coefficient (Wildman–Crippen LogP) is -0.315. The van der Waals surface area contributed by atoms with Crippen molar-refractivity contribution in [1.29, 1.82) is 0 Å². The van der Waals surface area contributed by atoms with Crippen molar-refractivity contribution in [2.45, 2.75) is 51.0 Å². The number of carbonyl (C=O) groups is 1. The van der Waals surface area contributed by atoms with Crippen LogP contribution in [0.15, 0.2) is 11.6 Å². The highest BCUT2D eigenvalue weighted by atomic mass is 16.6. The van der Waals surface area contributed by atoms with E-state index in [9.17, 15) is 25.3 Å². The smallest absolute Gasteiger partial charge is 0.341 e. The van der Waals surface area contributed by atoms with Crippen molar-refractivity contribution in [3.8, 4) is 0 Å². The number of rotatable bonds is 5. The third kappa shape index (κ3) is 2.68. The molecule has 2 aliphatic rings. The average Bonchev–Trinajstić information content (AvgIpc) is 2.92. The van der Waals surface area contributed by atoms with Gasteiger partial charge in [-0.15, -0.1) is 0 Å². The summed E-state index contributed by atoms with van der Waals surface area (Å²) in [6.45, 7) is 5.02. The summed E-state index contributed by atoms with van der Waals surface area (Å²) in [6.07, 6.45) is 0.127. The Kier molecular flexibility index (Phi) is 4.66. The van der Waals surface area contributed by atoms with Gasteiger partial charge < -0.3 is 29.9 Å². The molecule has 7 heteroatoms. The molecule has 2 heterocycles. The molecule has 0 aromatic heterocycles. The zero-order valence-electron chi connectivity index (χ0n) is 13.2. The number of esters is 1. The van der Waals surface area contributed by atoms with Crippen LogP contribution in [-0.2, 0) is 9.53 Å². The van der Waals surface area contributed by atoms with Crippen molar-refractivity contribution in [3.63, 3.8) is 0 Å². The van der Waals surface area contributed by atoms with Crippen LogP contribution in [0.4, 0.5) is 0 Å². The molecule has 0 radical (unpaired) electrons. The highest BCUT2D eigenvalue weighted by molar-refractivity contribution is 5.80. The van der Waals surface area contributed by atoms with Crippen LogP contribution >= 0.6 is 0 Å². The second-order valence-electron chi connectivity index (χ2n) is 6.67. The maximum atomic E-state index is 12.4. The molecule has 5 atom stereocenters. The maximum Gasteiger partial charge on any atom is 0.341 e. The Morgan fingerprint density at radius 3 is 2.73 bits per heavy atom. The van der Waals surface area contributed by atoms with E-state index in [2.05, 4.69) is 0 Å². The molecular formula is C15H25NO6. The first-order valence-electron chi connectivity index (χ1n) is 7.65. The van der Waals surface area contributed by atoms with Crippen molar-refractivity contribution in [2.75, 3.05) is 19.7 Å². The van der Waals surface area contributed by atoms with E-state index < -0.39 is 40.4 Å². The summed E-state index contributed by atoms with van der Waals surface area (Å²) >= 11 is 0. The van der Waals surface area contributed by atoms with E-state index >= 15 is 0 Å². The molecule has 2 rings (SSSR count). The number of quaternary nitrogens is 1. The Hall–Kier alpha value is -0.990. The number of aliphatic hydroxyl groups is 3. The summed E-state index contributed by atoms with van der Waals surface area (Å²) in [6, 6.07) is -0.591. The fourth-order valence-corrected chi connectivity index (χ4v) is 3.41. The molecule has 0 spiro atoms. The molecular weight excluding hydrogens is 290 g/mol. The van der Waals surface area contributed by atoms with Gasteiger partial charge in [0.25, 0.3) is 0 Å². The van der Waals surface area contributed by atoms with Crippen molar-refractivity contribution in [2.24, 2.45) is 5.92 Å². The number of hydroxylamine groups is 3. The van der Waals surface area contributed by atoms with Gasteiger partial charge in [0.1, 0.15) is 18.8 Å². The highest BCUT2D eigenvalue weighted by Crippen LogP contribution is 2.36. The third-order valence-corrected chi connectivity index (χ3v) is 4.93. The van der Waals surface area contributed by atoms with Crippen LogP contribution in [0.2, 0.25) is 0 Å². The lowest BCUT2D eigenvalue weighted by molar-refractivity contribution is -0.877. The fourth-order valence-electron chi connectivity index (χ4n) is 3.41. The lowest BCUT2D eigenvalue weighted by Crippen LogP contribution is -2.53. The largest absolute Gasteiger partial charge is 0.632 e. The molecule has 1 fully saturated rings. The van der Waals surface area contributed by atoms with Gasteiger partial charge in [-0.2, -0.15) is 0 Å². The number of hydrogen-bond acceptors (Lipinski definition) is 6. The van der Waals surface area contributed by atoms with Gasteiger partial charge >= 0.3 is 5.97 Å². The second-order valence-corrected chi connectivity index (χ2v) is 6.67. The predicted molar refractivity (Wildman–Crippen MR) is 78.3 cm³/mol. The minimum Gasteiger partial charge on any atom is -0.632 e. The molecule has 0 amide bonds. The SMILES string of the molecule is CC(C)[C@](O)(C(=O)OCC1=CC[N+]2([O-])CCC(O)C12)C(C)O. The molecule has 3 N–H and O–H groups in total. The van der Waals surface area contributed by atoms with Gasteiger partial charge in [0, 0.05) is 12.0 Å². The third-order valence-electron chi connectivity index (χ3n) is 4.93. The molecule has 7 nitrogen and oxygen atoms in total. The molecule has 2 aliphatic heterocycles. The number of ether oxygens (including phenoxy) is 1. The number of aliphatic hydroxyl groups excluding tert-OH is 2. The first-order valence-corrected chi connectivity index (χ1v) is 7.65. The standard InChI is InChI=1S/C15H25NO6/c1-9(2)15(20,10(3)17)14(19)22-8-11-4-6-16(21)7-5-12(18)13(11)16/h4,9-10,12-13,17-18,20H,5-8H2,1-3H3/t10?,12?,13?,15-,16?/m1/s1. The molecule has 0 saturated carbocycles. The zero-order valence-corrected chi connectivity index (χ0v) is 13.2. The number of nitrogens with zero attached hydrogens (tertiary/aromatic N) is 1. The molecule has 4 unspecified atom stereocenters. The molecule has 0 bridgehead atoms. The van der Waals surface area contributed by atoms with Crippen LogP contribution in [0.3, 0.4) is 0 Å². The van der Waals surface area contributed by atoms with Gasteiger partial charge in [-0.3, -0.25) is 0 Å². The molecule has 126 valence electrons. The second kappa shape index (κ2) is 5.90. The Morgan fingerprint density at radius 2 is 2.18 bits per heavy atom. The van der Waals surface area contributed by atoms with E-state index in [1.54, 1.807) is 19.9 Å². The molecule has 0 aromatic rings. The van der Waals surface area contributed by atoms with E-state index in [-0.39, 0.29) is 13.2 Å². The lowest BCUT2D eigenvalue weighted by Gasteiger charge is -2.40. The van der Waals surface area contributed by atoms with Gasteiger partial charge in [-0.05, 0) is 18.9 Å². The zero-order chi connectivity index (χ0) is 16.7. The average molecular weight is 315 g/mol. The monoisotopic (exact) mass is 315 g/mol. The van der Waals surface area contributed by atoms with E-state index in [1.807, 2.05) is 0 Å². The van der Waals surface area contributed by atoms with E-state index in [1.165, 1.54) is 6.92 Å². The number of hydrogen-bond donors (Lipinski definition) is 3. The van der Waals surface area contributed by atoms with Crippen LogP contribution in [-0.4, -0.2) is 69.5 Å². The first-order chi connectivity index (χ1) is 10.1. The molecule has 0 aromatic carbocycles. The minimum atomic E-state index is -1.99. The van der Waals surface area contributed by atoms with Gasteiger partial charge in [-0.25, -0.2) is 4.79 Å². The summed E-state index contributed by atoms with van der Waals surface area (Å²) in [5.41, 5.74) is -1.40. The van der Waals surface area contributed by atoms with Gasteiger partial charge in [0.15, 0.2) is 5.60 Å². The number of fused-ring (bicyclic) bond motifs is 1. The Morgan fingerprint density at radius 1 is 1.55 bits per heavy atom. The van der Waals surface area contributed by atoms with E-state index in [0.29, 0.717) is 18.5 Å². The van der Waals surface area contributed by atoms with Gasteiger partial charge in [0.2, 0.25) is 0 Å². The first kappa shape index (κ1) is 17.4. The molecule has 1 saturated heterocycles. The number of carbonyl (C=O) groups excluding carboxylic acids is 1. The van der Waals surface area contributed by atoms with Crippen molar-refractivity contribution < 1.29 is 29.5 Å². The van der Waals surface area contributed by atoms with Crippen LogP contribution in [0.25, 0.3) is 0 Å². The molecule has 22 heavy (non-hydrogen) atoms. The fraction of sp³-hybridized carbons (Fsp3) is 0.800. The van der Waals surface area contributed by atoms with Crippen LogP contribution in [0.1, 0.15) is 27.2 Å². The molecule has 0 aliphatic carbocycles. The minimum absolute atomic E-state index is 0.148. The quantitative estimate of drug-likeness (QED) is 0.278. The van der Waals surface area contributed by atoms with Crippen molar-refractivity contribution in [1.82, 2.24) is 0 Å². The van der Waals surface area contributed by atoms with E-state index in [0.717, 1.165) is 0 Å². The summed E-state index contributed by atoms with van der Waals surface area (Å²) in [5, 5.41) is 42.4. The van der Waals surface area contributed by atoms with Crippen LogP contribution < -0.4 is 0 Å². The Labute approximate surface area is 130 Å². The summed E-state index contributed by atoms with van der Waals surface area (Å²) < 4.78 is 4.64. The van der Waals surface area contributed by atoms with Gasteiger partial charge in [-0.1, -0.05) is 13.8 Å². The topological polar surface area (TPSA) is 110 Å². The Bertz CT molecular complexity index is 467. The van der Waals surface area contributed by atoms with Gasteiger partial charge in [0.05, 0.1) is 19.2 Å². The summed E-state index contributed by atoms with van der Waals surface area (Å²) in [7, 11) is 0. The Balaban J connectivity index is 2.03. The normalized spacial score (nSPS) is 35.0. The lowest BCUT2D eigenvalue weighted by atomic mass is 9.85. The van der Waals surface area contributed by atoms with Crippen molar-refractivity contribution >= 4 is 5.97 Å².